The van der Waals surface area contributed by atoms with Gasteiger partial charge < -0.3 is 10.3 Å². The van der Waals surface area contributed by atoms with E-state index >= 15 is 0 Å². The molecule has 0 aromatic carbocycles. The van der Waals surface area contributed by atoms with Gasteiger partial charge in [0.2, 0.25) is 5.95 Å². The molecular formula is C11H12FN3. The first kappa shape index (κ1) is 8.85. The Bertz CT molecular complexity index is 486. The van der Waals surface area contributed by atoms with E-state index < -0.39 is 5.95 Å². The predicted molar refractivity (Wildman–Crippen MR) is 56.3 cm³/mol. The van der Waals surface area contributed by atoms with Crippen LogP contribution in [0.4, 0.5) is 4.39 Å². The number of halogens is 1. The SMILES string of the molecule is Fc1ccc2c([C@@H]3CCNC3)c[nH]c2n1. The second-order valence-electron chi connectivity index (χ2n) is 3.96. The van der Waals surface area contributed by atoms with E-state index in [4.69, 9.17) is 0 Å². The molecule has 1 aliphatic heterocycles. The van der Waals surface area contributed by atoms with Crippen molar-refractivity contribution in [3.8, 4) is 0 Å². The molecule has 0 amide bonds. The molecule has 0 saturated carbocycles. The van der Waals surface area contributed by atoms with Crippen LogP contribution in [0.5, 0.6) is 0 Å². The molecule has 0 unspecified atom stereocenters. The van der Waals surface area contributed by atoms with Crippen LogP contribution in [0.3, 0.4) is 0 Å². The molecule has 4 heteroatoms. The minimum absolute atomic E-state index is 0.430. The first-order valence-corrected chi connectivity index (χ1v) is 5.19. The number of pyridine rings is 1. The molecule has 0 radical (unpaired) electrons. The number of hydrogen-bond acceptors (Lipinski definition) is 2. The molecule has 3 nitrogen and oxygen atoms in total. The molecular weight excluding hydrogens is 193 g/mol. The average molecular weight is 205 g/mol. The maximum Gasteiger partial charge on any atom is 0.214 e. The zero-order chi connectivity index (χ0) is 10.3. The number of aromatic amines is 1. The molecule has 3 rings (SSSR count). The van der Waals surface area contributed by atoms with Crippen molar-refractivity contribution in [2.24, 2.45) is 0 Å². The fraction of sp³-hybridized carbons (Fsp3) is 0.364. The molecule has 3 heterocycles. The van der Waals surface area contributed by atoms with Crippen LogP contribution >= 0.6 is 0 Å². The second kappa shape index (κ2) is 3.31. The van der Waals surface area contributed by atoms with E-state index in [1.807, 2.05) is 12.3 Å². The molecule has 1 aliphatic rings. The number of nitrogens with one attached hydrogen (secondary N) is 2. The Hall–Kier alpha value is -1.42. The summed E-state index contributed by atoms with van der Waals surface area (Å²) in [5, 5.41) is 4.37. The Balaban J connectivity index is 2.11. The lowest BCUT2D eigenvalue weighted by atomic mass is 9.99. The van der Waals surface area contributed by atoms with Crippen molar-refractivity contribution in [3.63, 3.8) is 0 Å². The molecule has 1 atom stereocenters. The zero-order valence-corrected chi connectivity index (χ0v) is 8.26. The van der Waals surface area contributed by atoms with Crippen LogP contribution in [0.25, 0.3) is 11.0 Å². The summed E-state index contributed by atoms with van der Waals surface area (Å²) in [4.78, 5) is 6.85. The number of hydrogen-bond donors (Lipinski definition) is 2. The second-order valence-corrected chi connectivity index (χ2v) is 3.96. The third kappa shape index (κ3) is 1.41. The fourth-order valence-corrected chi connectivity index (χ4v) is 2.26. The smallest absolute Gasteiger partial charge is 0.214 e. The minimum atomic E-state index is -0.430. The molecule has 78 valence electrons. The molecule has 0 aliphatic carbocycles. The van der Waals surface area contributed by atoms with Gasteiger partial charge in [-0.1, -0.05) is 0 Å². The summed E-state index contributed by atoms with van der Waals surface area (Å²) < 4.78 is 12.9. The van der Waals surface area contributed by atoms with Gasteiger partial charge in [-0.15, -0.1) is 0 Å². The van der Waals surface area contributed by atoms with Crippen LogP contribution < -0.4 is 5.32 Å². The van der Waals surface area contributed by atoms with Crippen LogP contribution in [-0.4, -0.2) is 23.1 Å². The van der Waals surface area contributed by atoms with E-state index in [1.54, 1.807) is 0 Å². The van der Waals surface area contributed by atoms with E-state index in [2.05, 4.69) is 15.3 Å². The first-order valence-electron chi connectivity index (χ1n) is 5.19. The van der Waals surface area contributed by atoms with Crippen LogP contribution in [0, 0.1) is 5.95 Å². The zero-order valence-electron chi connectivity index (χ0n) is 8.26. The summed E-state index contributed by atoms with van der Waals surface area (Å²) in [6.45, 7) is 2.07. The lowest BCUT2D eigenvalue weighted by Crippen LogP contribution is -2.07. The normalized spacial score (nSPS) is 21.3. The molecule has 1 fully saturated rings. The third-order valence-electron chi connectivity index (χ3n) is 3.04. The first-order chi connectivity index (χ1) is 7.34. The molecule has 2 aromatic heterocycles. The van der Waals surface area contributed by atoms with Crippen LogP contribution in [-0.2, 0) is 0 Å². The highest BCUT2D eigenvalue weighted by atomic mass is 19.1. The summed E-state index contributed by atoms with van der Waals surface area (Å²) in [7, 11) is 0. The van der Waals surface area contributed by atoms with E-state index in [0.29, 0.717) is 11.6 Å². The Morgan fingerprint density at radius 3 is 3.13 bits per heavy atom. The highest BCUT2D eigenvalue weighted by Gasteiger charge is 2.20. The highest BCUT2D eigenvalue weighted by molar-refractivity contribution is 5.80. The van der Waals surface area contributed by atoms with Crippen molar-refractivity contribution in [3.05, 3.63) is 29.8 Å². The van der Waals surface area contributed by atoms with Gasteiger partial charge in [0.25, 0.3) is 0 Å². The summed E-state index contributed by atoms with van der Waals surface area (Å²) in [5.41, 5.74) is 1.90. The molecule has 1 saturated heterocycles. The lowest BCUT2D eigenvalue weighted by Gasteiger charge is -2.05. The maximum atomic E-state index is 12.9. The van der Waals surface area contributed by atoms with Gasteiger partial charge in [0, 0.05) is 18.1 Å². The van der Waals surface area contributed by atoms with Gasteiger partial charge in [-0.2, -0.15) is 4.39 Å². The Labute approximate surface area is 86.7 Å². The van der Waals surface area contributed by atoms with Gasteiger partial charge in [-0.3, -0.25) is 0 Å². The van der Waals surface area contributed by atoms with Crippen molar-refractivity contribution in [1.82, 2.24) is 15.3 Å². The summed E-state index contributed by atoms with van der Waals surface area (Å²) in [6, 6.07) is 3.23. The van der Waals surface area contributed by atoms with Crippen LogP contribution in [0.15, 0.2) is 18.3 Å². The molecule has 0 spiro atoms. The van der Waals surface area contributed by atoms with Crippen LogP contribution in [0.2, 0.25) is 0 Å². The molecule has 15 heavy (non-hydrogen) atoms. The van der Waals surface area contributed by atoms with E-state index in [0.717, 1.165) is 24.9 Å². The predicted octanol–water partition coefficient (Wildman–Crippen LogP) is 1.78. The summed E-state index contributed by atoms with van der Waals surface area (Å²) in [6.07, 6.45) is 3.10. The Morgan fingerprint density at radius 1 is 1.40 bits per heavy atom. The quantitative estimate of drug-likeness (QED) is 0.697. The number of aromatic nitrogens is 2. The van der Waals surface area contributed by atoms with Gasteiger partial charge >= 0.3 is 0 Å². The molecule has 2 aromatic rings. The minimum Gasteiger partial charge on any atom is -0.346 e. The average Bonchev–Trinajstić information content (AvgIpc) is 2.82. The van der Waals surface area contributed by atoms with Gasteiger partial charge in [-0.05, 0) is 36.6 Å². The fourth-order valence-electron chi connectivity index (χ4n) is 2.26. The topological polar surface area (TPSA) is 40.7 Å². The largest absolute Gasteiger partial charge is 0.346 e. The van der Waals surface area contributed by atoms with E-state index in [1.165, 1.54) is 11.6 Å². The van der Waals surface area contributed by atoms with E-state index in [-0.39, 0.29) is 0 Å². The maximum absolute atomic E-state index is 12.9. The highest BCUT2D eigenvalue weighted by Crippen LogP contribution is 2.28. The number of fused-ring (bicyclic) bond motifs is 1. The Morgan fingerprint density at radius 2 is 2.33 bits per heavy atom. The monoisotopic (exact) mass is 205 g/mol. The van der Waals surface area contributed by atoms with Crippen molar-refractivity contribution < 1.29 is 4.39 Å². The van der Waals surface area contributed by atoms with Gasteiger partial charge in [0.1, 0.15) is 5.65 Å². The van der Waals surface area contributed by atoms with Crippen molar-refractivity contribution in [2.75, 3.05) is 13.1 Å². The third-order valence-corrected chi connectivity index (χ3v) is 3.04. The van der Waals surface area contributed by atoms with Crippen molar-refractivity contribution >= 4 is 11.0 Å². The van der Waals surface area contributed by atoms with Crippen molar-refractivity contribution in [1.29, 1.82) is 0 Å². The van der Waals surface area contributed by atoms with E-state index in [9.17, 15) is 4.39 Å². The van der Waals surface area contributed by atoms with Gasteiger partial charge in [0.05, 0.1) is 0 Å². The molecule has 0 bridgehead atoms. The number of rotatable bonds is 1. The summed E-state index contributed by atoms with van der Waals surface area (Å²) in [5.74, 6) is 0.103. The summed E-state index contributed by atoms with van der Waals surface area (Å²) >= 11 is 0. The number of H-pyrrole nitrogens is 1. The Kier molecular flexibility index (Phi) is 1.95. The van der Waals surface area contributed by atoms with Crippen LogP contribution in [0.1, 0.15) is 17.9 Å². The van der Waals surface area contributed by atoms with Gasteiger partial charge in [-0.25, -0.2) is 4.98 Å². The lowest BCUT2D eigenvalue weighted by molar-refractivity contribution is 0.588. The molecule has 2 N–H and O–H groups in total. The number of nitrogens with zero attached hydrogens (tertiary/aromatic N) is 1. The van der Waals surface area contributed by atoms with Gasteiger partial charge in [0.15, 0.2) is 0 Å². The van der Waals surface area contributed by atoms with Crippen molar-refractivity contribution in [2.45, 2.75) is 12.3 Å². The standard InChI is InChI=1S/C11H12FN3/c12-10-2-1-8-9(6-14-11(8)15-10)7-3-4-13-5-7/h1-2,6-7,13H,3-5H2,(H,14,15)/t7-/m1/s1.